The number of nitrogens with one attached hydrogen (secondary N) is 1. The van der Waals surface area contributed by atoms with E-state index in [1.807, 2.05) is 0 Å². The third-order valence-corrected chi connectivity index (χ3v) is 6.43. The molecule has 10 heteroatoms. The van der Waals surface area contributed by atoms with Crippen LogP contribution in [0.2, 0.25) is 5.02 Å². The lowest BCUT2D eigenvalue weighted by atomic mass is 10.1. The first-order chi connectivity index (χ1) is 15.4. The van der Waals surface area contributed by atoms with E-state index < -0.39 is 11.8 Å². The average Bonchev–Trinajstić information content (AvgIpc) is 3.46. The van der Waals surface area contributed by atoms with Crippen molar-refractivity contribution in [3.63, 3.8) is 0 Å². The van der Waals surface area contributed by atoms with Gasteiger partial charge in [0.25, 0.3) is 6.43 Å². The molecule has 1 aromatic heterocycles. The van der Waals surface area contributed by atoms with Gasteiger partial charge in [-0.2, -0.15) is 5.26 Å². The van der Waals surface area contributed by atoms with Crippen LogP contribution in [0.1, 0.15) is 36.8 Å². The number of nitrogens with zero attached hydrogens (tertiary/aromatic N) is 4. The lowest BCUT2D eigenvalue weighted by Gasteiger charge is -2.22. The van der Waals surface area contributed by atoms with E-state index in [0.717, 1.165) is 13.0 Å². The summed E-state index contributed by atoms with van der Waals surface area (Å²) in [5, 5.41) is 12.0. The van der Waals surface area contributed by atoms with Crippen LogP contribution in [0.25, 0.3) is 11.4 Å². The molecule has 1 aliphatic carbocycles. The molecule has 0 bridgehead atoms. The van der Waals surface area contributed by atoms with Crippen LogP contribution in [-0.4, -0.2) is 35.5 Å². The Balaban J connectivity index is 1.64. The van der Waals surface area contributed by atoms with Crippen LogP contribution in [-0.2, 0) is 11.3 Å². The Bertz CT molecular complexity index is 1070. The van der Waals surface area contributed by atoms with Crippen LogP contribution in [0.3, 0.4) is 0 Å². The molecule has 3 N–H and O–H groups in total. The smallest absolute Gasteiger partial charge is 0.265 e. The third kappa shape index (κ3) is 4.38. The second-order valence-electron chi connectivity index (χ2n) is 8.29. The molecular formula is C22H23ClF2N6O. The maximum Gasteiger partial charge on any atom is 0.265 e. The van der Waals surface area contributed by atoms with Crippen LogP contribution in [0.4, 0.5) is 14.6 Å². The van der Waals surface area contributed by atoms with Gasteiger partial charge in [0, 0.05) is 47.5 Å². The van der Waals surface area contributed by atoms with Crippen molar-refractivity contribution < 1.29 is 13.6 Å². The van der Waals surface area contributed by atoms with Crippen LogP contribution < -0.4 is 16.0 Å². The number of aromatic nitrogens is 2. The van der Waals surface area contributed by atoms with Gasteiger partial charge < -0.3 is 16.0 Å². The number of hydrogen-bond donors (Lipinski definition) is 2. The van der Waals surface area contributed by atoms with Crippen LogP contribution in [0.15, 0.2) is 24.4 Å². The number of halogens is 3. The summed E-state index contributed by atoms with van der Waals surface area (Å²) in [4.78, 5) is 23.5. The molecule has 4 rings (SSSR count). The molecule has 1 unspecified atom stereocenters. The number of carbonyl (C=O) groups excluding carboxylic acids is 1. The second kappa shape index (κ2) is 8.96. The van der Waals surface area contributed by atoms with Crippen LogP contribution in [0.5, 0.6) is 0 Å². The number of carbonyl (C=O) groups is 1. The topological polar surface area (TPSA) is 108 Å². The lowest BCUT2D eigenvalue weighted by molar-refractivity contribution is -0.124. The van der Waals surface area contributed by atoms with Crippen molar-refractivity contribution in [1.29, 1.82) is 5.26 Å². The summed E-state index contributed by atoms with van der Waals surface area (Å²) in [6, 6.07) is 6.39. The molecule has 2 heterocycles. The Morgan fingerprint density at radius 3 is 2.84 bits per heavy atom. The van der Waals surface area contributed by atoms with Gasteiger partial charge in [0.1, 0.15) is 11.2 Å². The zero-order valence-corrected chi connectivity index (χ0v) is 18.1. The van der Waals surface area contributed by atoms with Gasteiger partial charge in [-0.25, -0.2) is 18.7 Å². The number of nitriles is 1. The zero-order valence-electron chi connectivity index (χ0n) is 17.3. The van der Waals surface area contributed by atoms with Gasteiger partial charge in [-0.1, -0.05) is 11.6 Å². The van der Waals surface area contributed by atoms with E-state index in [0.29, 0.717) is 54.6 Å². The molecule has 7 nitrogen and oxygen atoms in total. The van der Waals surface area contributed by atoms with Crippen molar-refractivity contribution in [2.75, 3.05) is 24.5 Å². The summed E-state index contributed by atoms with van der Waals surface area (Å²) < 4.78 is 26.6. The second-order valence-corrected chi connectivity index (χ2v) is 8.70. The number of benzene rings is 1. The van der Waals surface area contributed by atoms with Crippen molar-refractivity contribution in [2.45, 2.75) is 32.2 Å². The van der Waals surface area contributed by atoms with Gasteiger partial charge >= 0.3 is 0 Å². The Morgan fingerprint density at radius 2 is 2.22 bits per heavy atom. The summed E-state index contributed by atoms with van der Waals surface area (Å²) in [5.74, 6) is 0.947. The fourth-order valence-corrected chi connectivity index (χ4v) is 4.06. The Morgan fingerprint density at radius 1 is 1.44 bits per heavy atom. The Kier molecular flexibility index (Phi) is 6.26. The Labute approximate surface area is 189 Å². The highest BCUT2D eigenvalue weighted by Crippen LogP contribution is 2.45. The summed E-state index contributed by atoms with van der Waals surface area (Å²) in [6.45, 7) is 2.17. The van der Waals surface area contributed by atoms with Gasteiger partial charge in [0.05, 0.1) is 6.07 Å². The number of alkyl halides is 2. The molecule has 0 spiro atoms. The monoisotopic (exact) mass is 460 g/mol. The molecule has 1 atom stereocenters. The van der Waals surface area contributed by atoms with E-state index in [9.17, 15) is 18.8 Å². The van der Waals surface area contributed by atoms with Crippen molar-refractivity contribution in [1.82, 2.24) is 15.3 Å². The summed E-state index contributed by atoms with van der Waals surface area (Å²) in [5.41, 5.74) is 5.75. The van der Waals surface area contributed by atoms with Gasteiger partial charge in [-0.15, -0.1) is 0 Å². The number of amides is 1. The third-order valence-electron chi connectivity index (χ3n) is 6.09. The van der Waals surface area contributed by atoms with Crippen molar-refractivity contribution in [3.8, 4) is 17.5 Å². The number of anilines is 1. The maximum atomic E-state index is 13.3. The van der Waals surface area contributed by atoms with Crippen molar-refractivity contribution in [2.24, 2.45) is 17.1 Å². The van der Waals surface area contributed by atoms with Crippen LogP contribution in [0, 0.1) is 22.7 Å². The zero-order chi connectivity index (χ0) is 22.9. The highest BCUT2D eigenvalue weighted by molar-refractivity contribution is 6.31. The minimum atomic E-state index is -2.71. The van der Waals surface area contributed by atoms with E-state index in [1.54, 1.807) is 12.3 Å². The van der Waals surface area contributed by atoms with Crippen molar-refractivity contribution >= 4 is 23.3 Å². The normalized spacial score (nSPS) is 19.1. The van der Waals surface area contributed by atoms with E-state index in [2.05, 4.69) is 26.3 Å². The van der Waals surface area contributed by atoms with Gasteiger partial charge in [-0.3, -0.25) is 4.79 Å². The predicted molar refractivity (Wildman–Crippen MR) is 116 cm³/mol. The number of hydrogen-bond acceptors (Lipinski definition) is 6. The number of nitrogens with two attached hydrogens (primary N) is 1. The molecule has 1 saturated carbocycles. The van der Waals surface area contributed by atoms with E-state index in [-0.39, 0.29) is 23.0 Å². The van der Waals surface area contributed by atoms with E-state index in [4.69, 9.17) is 17.3 Å². The molecule has 1 amide bonds. The molecule has 1 aliphatic heterocycles. The van der Waals surface area contributed by atoms with Gasteiger partial charge in [0.15, 0.2) is 5.82 Å². The first kappa shape index (κ1) is 22.4. The molecule has 32 heavy (non-hydrogen) atoms. The Hall–Kier alpha value is -2.83. The van der Waals surface area contributed by atoms with Gasteiger partial charge in [0.2, 0.25) is 5.91 Å². The van der Waals surface area contributed by atoms with E-state index >= 15 is 0 Å². The minimum absolute atomic E-state index is 0.0138. The molecule has 2 fully saturated rings. The highest BCUT2D eigenvalue weighted by atomic mass is 35.5. The summed E-state index contributed by atoms with van der Waals surface area (Å²) in [6.07, 6.45) is 0.914. The molecular weight excluding hydrogens is 438 g/mol. The summed E-state index contributed by atoms with van der Waals surface area (Å²) >= 11 is 5.89. The molecule has 2 aromatic rings. The lowest BCUT2D eigenvalue weighted by Crippen LogP contribution is -2.32. The SMILES string of the molecule is N#CC1(C(=O)NCc2cnc(-c3ccc(Cl)c(C(F)F)c3)nc2N2CCC(CN)C2)CC1. The molecule has 1 aromatic carbocycles. The molecule has 0 radical (unpaired) electrons. The summed E-state index contributed by atoms with van der Waals surface area (Å²) in [7, 11) is 0. The number of rotatable bonds is 7. The minimum Gasteiger partial charge on any atom is -0.356 e. The van der Waals surface area contributed by atoms with Gasteiger partial charge in [-0.05, 0) is 49.9 Å². The van der Waals surface area contributed by atoms with Crippen LogP contribution >= 0.6 is 11.6 Å². The fourth-order valence-electron chi connectivity index (χ4n) is 3.86. The first-order valence-electron chi connectivity index (χ1n) is 10.5. The highest BCUT2D eigenvalue weighted by Gasteiger charge is 2.50. The average molecular weight is 461 g/mol. The molecule has 168 valence electrons. The molecule has 1 saturated heterocycles. The molecule has 2 aliphatic rings. The maximum absolute atomic E-state index is 13.3. The van der Waals surface area contributed by atoms with Crippen molar-refractivity contribution in [3.05, 3.63) is 40.5 Å². The van der Waals surface area contributed by atoms with E-state index in [1.165, 1.54) is 12.1 Å². The predicted octanol–water partition coefficient (Wildman–Crippen LogP) is 3.44. The standard InChI is InChI=1S/C22H23ClF2N6O/c23-17-2-1-14(7-16(17)18(24)25)19-28-9-15(10-29-21(32)22(12-27)4-5-22)20(30-19)31-6-3-13(8-26)11-31/h1-2,7,9,13,18H,3-6,8,10-11,26H2,(H,29,32). The fraction of sp³-hybridized carbons (Fsp3) is 0.455. The quantitative estimate of drug-likeness (QED) is 0.655. The largest absolute Gasteiger partial charge is 0.356 e. The first-order valence-corrected chi connectivity index (χ1v) is 10.8.